The minimum atomic E-state index is -0.830. The molecule has 2 aromatic rings. The second kappa shape index (κ2) is 7.98. The molecule has 1 amide bonds. The molecule has 0 aromatic heterocycles. The van der Waals surface area contributed by atoms with E-state index in [9.17, 15) is 9.59 Å². The Balaban J connectivity index is 1.44. The number of carbonyl (C=O) groups is 2. The average Bonchev–Trinajstić information content (AvgIpc) is 2.61. The van der Waals surface area contributed by atoms with Gasteiger partial charge in [0.15, 0.2) is 0 Å². The fourth-order valence-corrected chi connectivity index (χ4v) is 3.02. The normalized spacial score (nSPS) is 15.3. The summed E-state index contributed by atoms with van der Waals surface area (Å²) in [5.41, 5.74) is 0. The molecule has 0 spiro atoms. The van der Waals surface area contributed by atoms with Gasteiger partial charge in [-0.25, -0.2) is 0 Å². The van der Waals surface area contributed by atoms with Crippen LogP contribution in [0.5, 0.6) is 5.75 Å². The van der Waals surface area contributed by atoms with Gasteiger partial charge in [0.2, 0.25) is 5.91 Å². The van der Waals surface area contributed by atoms with E-state index in [1.54, 1.807) is 4.90 Å². The van der Waals surface area contributed by atoms with E-state index >= 15 is 0 Å². The highest BCUT2D eigenvalue weighted by atomic mass is 16.5. The van der Waals surface area contributed by atoms with Crippen molar-refractivity contribution < 1.29 is 19.4 Å². The molecule has 1 saturated heterocycles. The van der Waals surface area contributed by atoms with E-state index in [2.05, 4.69) is 0 Å². The maximum absolute atomic E-state index is 12.2. The summed E-state index contributed by atoms with van der Waals surface area (Å²) in [5.74, 6) is -0.0166. The van der Waals surface area contributed by atoms with Crippen molar-refractivity contribution in [1.29, 1.82) is 0 Å². The first-order chi connectivity index (χ1) is 12.1. The van der Waals surface area contributed by atoms with E-state index in [-0.39, 0.29) is 12.5 Å². The Hall–Kier alpha value is -2.60. The molecule has 0 saturated carbocycles. The number of fused-ring (bicyclic) bond motifs is 1. The first-order valence-electron chi connectivity index (χ1n) is 8.45. The van der Waals surface area contributed by atoms with Crippen LogP contribution in [0.3, 0.4) is 0 Å². The van der Waals surface area contributed by atoms with E-state index in [4.69, 9.17) is 9.84 Å². The number of carboxylic acids is 1. The highest BCUT2D eigenvalue weighted by Gasteiger charge is 2.21. The Morgan fingerprint density at radius 3 is 2.44 bits per heavy atom. The van der Waals surface area contributed by atoms with Gasteiger partial charge in [-0.3, -0.25) is 14.5 Å². The van der Waals surface area contributed by atoms with Crippen molar-refractivity contribution in [2.24, 2.45) is 0 Å². The summed E-state index contributed by atoms with van der Waals surface area (Å²) in [4.78, 5) is 26.6. The van der Waals surface area contributed by atoms with Crippen LogP contribution in [-0.4, -0.2) is 66.1 Å². The second-order valence-electron chi connectivity index (χ2n) is 6.16. The number of ether oxygens (including phenoxy) is 1. The fourth-order valence-electron chi connectivity index (χ4n) is 3.02. The Kier molecular flexibility index (Phi) is 5.50. The van der Waals surface area contributed by atoms with Gasteiger partial charge in [0.25, 0.3) is 0 Å². The molecule has 0 radical (unpaired) electrons. The molecule has 0 aliphatic carbocycles. The predicted octanol–water partition coefficient (Wildman–Crippen LogP) is 1.84. The largest absolute Gasteiger partial charge is 0.493 e. The lowest BCUT2D eigenvalue weighted by atomic mass is 10.1. The number of amides is 1. The number of aliphatic carboxylic acids is 1. The molecule has 1 N–H and O–H groups in total. The zero-order valence-corrected chi connectivity index (χ0v) is 14.1. The molecule has 25 heavy (non-hydrogen) atoms. The maximum atomic E-state index is 12.2. The molecule has 132 valence electrons. The first-order valence-corrected chi connectivity index (χ1v) is 8.45. The van der Waals surface area contributed by atoms with Gasteiger partial charge in [-0.15, -0.1) is 0 Å². The smallest absolute Gasteiger partial charge is 0.317 e. The summed E-state index contributed by atoms with van der Waals surface area (Å²) in [6.45, 7) is 2.72. The Morgan fingerprint density at radius 1 is 1.00 bits per heavy atom. The summed E-state index contributed by atoms with van der Waals surface area (Å²) in [6.07, 6.45) is 0.325. The monoisotopic (exact) mass is 342 g/mol. The lowest BCUT2D eigenvalue weighted by Gasteiger charge is -2.33. The quantitative estimate of drug-likeness (QED) is 0.867. The number of hydrogen-bond acceptors (Lipinski definition) is 4. The third-order valence-corrected chi connectivity index (χ3v) is 4.39. The highest BCUT2D eigenvalue weighted by molar-refractivity contribution is 5.83. The molecule has 0 atom stereocenters. The number of hydrogen-bond donors (Lipinski definition) is 1. The Morgan fingerprint density at radius 2 is 1.72 bits per heavy atom. The van der Waals surface area contributed by atoms with Gasteiger partial charge in [0, 0.05) is 26.2 Å². The molecule has 1 fully saturated rings. The third-order valence-electron chi connectivity index (χ3n) is 4.39. The fraction of sp³-hybridized carbons (Fsp3) is 0.368. The lowest BCUT2D eigenvalue weighted by molar-refractivity contribution is -0.139. The molecular formula is C19H22N2O4. The molecule has 1 aliphatic heterocycles. The summed E-state index contributed by atoms with van der Waals surface area (Å²) in [6, 6.07) is 14.0. The molecule has 2 aromatic carbocycles. The van der Waals surface area contributed by atoms with E-state index in [0.717, 1.165) is 16.5 Å². The zero-order chi connectivity index (χ0) is 17.6. The summed E-state index contributed by atoms with van der Waals surface area (Å²) in [7, 11) is 0. The van der Waals surface area contributed by atoms with Crippen molar-refractivity contribution in [3.8, 4) is 5.75 Å². The molecule has 3 rings (SSSR count). The average molecular weight is 342 g/mol. The summed E-state index contributed by atoms with van der Waals surface area (Å²) >= 11 is 0. The number of rotatable bonds is 6. The Bertz CT molecular complexity index is 754. The molecular weight excluding hydrogens is 320 g/mol. The number of piperazine rings is 1. The van der Waals surface area contributed by atoms with Gasteiger partial charge >= 0.3 is 5.97 Å². The van der Waals surface area contributed by atoms with Crippen molar-refractivity contribution in [2.75, 3.05) is 39.3 Å². The van der Waals surface area contributed by atoms with Gasteiger partial charge in [0.05, 0.1) is 19.6 Å². The molecule has 0 bridgehead atoms. The van der Waals surface area contributed by atoms with Crippen molar-refractivity contribution in [3.63, 3.8) is 0 Å². The molecule has 6 heteroatoms. The number of carbonyl (C=O) groups excluding carboxylic acids is 1. The second-order valence-corrected chi connectivity index (χ2v) is 6.16. The summed E-state index contributed by atoms with van der Waals surface area (Å²) in [5, 5.41) is 11.1. The van der Waals surface area contributed by atoms with Crippen LogP contribution in [0.4, 0.5) is 0 Å². The van der Waals surface area contributed by atoms with Crippen LogP contribution in [0, 0.1) is 0 Å². The van der Waals surface area contributed by atoms with Crippen LogP contribution >= 0.6 is 0 Å². The van der Waals surface area contributed by atoms with E-state index in [0.29, 0.717) is 39.2 Å². The zero-order valence-electron chi connectivity index (χ0n) is 14.1. The van der Waals surface area contributed by atoms with Crippen LogP contribution < -0.4 is 4.74 Å². The Labute approximate surface area is 146 Å². The van der Waals surface area contributed by atoms with E-state index in [1.807, 2.05) is 47.4 Å². The van der Waals surface area contributed by atoms with Crippen molar-refractivity contribution in [1.82, 2.24) is 9.80 Å². The van der Waals surface area contributed by atoms with E-state index in [1.165, 1.54) is 0 Å². The molecule has 1 aliphatic rings. The van der Waals surface area contributed by atoms with Gasteiger partial charge in [-0.2, -0.15) is 0 Å². The van der Waals surface area contributed by atoms with Crippen LogP contribution in [0.2, 0.25) is 0 Å². The van der Waals surface area contributed by atoms with Crippen LogP contribution in [-0.2, 0) is 9.59 Å². The number of benzene rings is 2. The standard InChI is InChI=1S/C19H22N2O4/c22-18(21-10-8-20(9-11-21)14-19(23)24)7-12-25-17-6-5-15-3-1-2-4-16(15)13-17/h1-6,13H,7-12,14H2,(H,23,24). The van der Waals surface area contributed by atoms with Crippen LogP contribution in [0.1, 0.15) is 6.42 Å². The molecule has 0 unspecified atom stereocenters. The van der Waals surface area contributed by atoms with Crippen LogP contribution in [0.15, 0.2) is 42.5 Å². The van der Waals surface area contributed by atoms with Gasteiger partial charge in [-0.05, 0) is 22.9 Å². The van der Waals surface area contributed by atoms with Gasteiger partial charge < -0.3 is 14.7 Å². The van der Waals surface area contributed by atoms with Gasteiger partial charge in [-0.1, -0.05) is 30.3 Å². The lowest BCUT2D eigenvalue weighted by Crippen LogP contribution is -2.50. The van der Waals surface area contributed by atoms with Crippen molar-refractivity contribution in [2.45, 2.75) is 6.42 Å². The maximum Gasteiger partial charge on any atom is 0.317 e. The van der Waals surface area contributed by atoms with Crippen molar-refractivity contribution >= 4 is 22.6 Å². The minimum Gasteiger partial charge on any atom is -0.493 e. The van der Waals surface area contributed by atoms with E-state index < -0.39 is 5.97 Å². The number of nitrogens with zero attached hydrogens (tertiary/aromatic N) is 2. The van der Waals surface area contributed by atoms with Crippen molar-refractivity contribution in [3.05, 3.63) is 42.5 Å². The highest BCUT2D eigenvalue weighted by Crippen LogP contribution is 2.20. The molecule has 6 nitrogen and oxygen atoms in total. The topological polar surface area (TPSA) is 70.1 Å². The minimum absolute atomic E-state index is 0.0348. The van der Waals surface area contributed by atoms with Gasteiger partial charge in [0.1, 0.15) is 5.75 Å². The summed E-state index contributed by atoms with van der Waals surface area (Å²) < 4.78 is 5.71. The SMILES string of the molecule is O=C(O)CN1CCN(C(=O)CCOc2ccc3ccccc3c2)CC1. The molecule has 1 heterocycles. The first kappa shape index (κ1) is 17.2. The number of carboxylic acid groups (broad SMARTS) is 1. The predicted molar refractivity (Wildman–Crippen MR) is 94.7 cm³/mol. The third kappa shape index (κ3) is 4.70. The van der Waals surface area contributed by atoms with Crippen LogP contribution in [0.25, 0.3) is 10.8 Å².